The van der Waals surface area contributed by atoms with Crippen molar-refractivity contribution in [2.75, 3.05) is 5.32 Å². The van der Waals surface area contributed by atoms with Gasteiger partial charge in [-0.15, -0.1) is 0 Å². The molecule has 0 atom stereocenters. The number of hydrogen-bond acceptors (Lipinski definition) is 2. The van der Waals surface area contributed by atoms with E-state index in [9.17, 15) is 0 Å². The summed E-state index contributed by atoms with van der Waals surface area (Å²) in [6.45, 7) is 2.11. The van der Waals surface area contributed by atoms with Crippen LogP contribution in [0.1, 0.15) is 29.9 Å². The van der Waals surface area contributed by atoms with E-state index in [1.165, 1.54) is 24.0 Å². The summed E-state index contributed by atoms with van der Waals surface area (Å²) in [4.78, 5) is 4.17. The molecule has 3 heteroatoms. The Labute approximate surface area is 118 Å². The van der Waals surface area contributed by atoms with Gasteiger partial charge >= 0.3 is 0 Å². The molecule has 1 aliphatic rings. The van der Waals surface area contributed by atoms with Crippen molar-refractivity contribution in [1.82, 2.24) is 4.98 Å². The second-order valence-corrected chi connectivity index (χ2v) is 5.69. The summed E-state index contributed by atoms with van der Waals surface area (Å²) in [6.07, 6.45) is 6.09. The molecular weight excluding hydrogens is 256 g/mol. The van der Waals surface area contributed by atoms with Crippen LogP contribution in [0.5, 0.6) is 0 Å². The number of halogens is 1. The van der Waals surface area contributed by atoms with Gasteiger partial charge in [-0.25, -0.2) is 0 Å². The van der Waals surface area contributed by atoms with Crippen LogP contribution in [0, 0.1) is 6.92 Å². The molecule has 3 rings (SSSR count). The molecule has 1 aromatic heterocycles. The molecule has 1 saturated carbocycles. The SMILES string of the molecule is Cc1ccncc1NC1CC(c2ccc(Cl)cc2)C1. The standard InChI is InChI=1S/C16H17ClN2/c1-11-6-7-18-10-16(11)19-15-8-13(9-15)12-2-4-14(17)5-3-12/h2-7,10,13,15,19H,8-9H2,1H3. The molecule has 1 aliphatic carbocycles. The van der Waals surface area contributed by atoms with Crippen molar-refractivity contribution in [3.05, 3.63) is 58.9 Å². The molecule has 0 amide bonds. The van der Waals surface area contributed by atoms with Crippen LogP contribution in [-0.2, 0) is 0 Å². The average Bonchev–Trinajstić information content (AvgIpc) is 2.37. The van der Waals surface area contributed by atoms with Gasteiger partial charge < -0.3 is 5.32 Å². The van der Waals surface area contributed by atoms with Crippen LogP contribution in [-0.4, -0.2) is 11.0 Å². The molecule has 2 nitrogen and oxygen atoms in total. The van der Waals surface area contributed by atoms with Gasteiger partial charge in [-0.05, 0) is 55.0 Å². The second-order valence-electron chi connectivity index (χ2n) is 5.25. The van der Waals surface area contributed by atoms with E-state index in [-0.39, 0.29) is 0 Å². The first kappa shape index (κ1) is 12.5. The normalized spacial score (nSPS) is 21.8. The fraction of sp³-hybridized carbons (Fsp3) is 0.312. The largest absolute Gasteiger partial charge is 0.381 e. The minimum atomic E-state index is 0.559. The third kappa shape index (κ3) is 2.74. The summed E-state index contributed by atoms with van der Waals surface area (Å²) in [5, 5.41) is 4.38. The monoisotopic (exact) mass is 272 g/mol. The van der Waals surface area contributed by atoms with E-state index in [0.717, 1.165) is 10.7 Å². The van der Waals surface area contributed by atoms with Gasteiger partial charge in [0.15, 0.2) is 0 Å². The van der Waals surface area contributed by atoms with Crippen molar-refractivity contribution in [3.63, 3.8) is 0 Å². The molecule has 19 heavy (non-hydrogen) atoms. The van der Waals surface area contributed by atoms with E-state index in [1.807, 2.05) is 30.6 Å². The molecule has 1 fully saturated rings. The lowest BCUT2D eigenvalue weighted by molar-refractivity contribution is 0.374. The maximum Gasteiger partial charge on any atom is 0.0558 e. The summed E-state index contributed by atoms with van der Waals surface area (Å²) in [7, 11) is 0. The molecule has 1 N–H and O–H groups in total. The highest BCUT2D eigenvalue weighted by Gasteiger charge is 2.30. The van der Waals surface area contributed by atoms with Crippen molar-refractivity contribution in [2.45, 2.75) is 31.7 Å². The van der Waals surface area contributed by atoms with Crippen LogP contribution in [0.25, 0.3) is 0 Å². The van der Waals surface area contributed by atoms with E-state index >= 15 is 0 Å². The number of benzene rings is 1. The minimum absolute atomic E-state index is 0.559. The fourth-order valence-corrected chi connectivity index (χ4v) is 2.70. The molecule has 1 heterocycles. The molecule has 0 spiro atoms. The summed E-state index contributed by atoms with van der Waals surface area (Å²) < 4.78 is 0. The number of aromatic nitrogens is 1. The Bertz CT molecular complexity index is 559. The first-order valence-electron chi connectivity index (χ1n) is 6.65. The molecule has 0 aliphatic heterocycles. The maximum atomic E-state index is 5.91. The summed E-state index contributed by atoms with van der Waals surface area (Å²) >= 11 is 5.91. The van der Waals surface area contributed by atoms with Gasteiger partial charge in [-0.2, -0.15) is 0 Å². The van der Waals surface area contributed by atoms with Gasteiger partial charge in [-0.3, -0.25) is 4.98 Å². The third-order valence-electron chi connectivity index (χ3n) is 3.88. The molecule has 98 valence electrons. The highest BCUT2D eigenvalue weighted by molar-refractivity contribution is 6.30. The van der Waals surface area contributed by atoms with Gasteiger partial charge in [0.25, 0.3) is 0 Å². The Morgan fingerprint density at radius 3 is 2.58 bits per heavy atom. The number of nitrogens with one attached hydrogen (secondary N) is 1. The first-order chi connectivity index (χ1) is 9.22. The zero-order valence-electron chi connectivity index (χ0n) is 10.9. The van der Waals surface area contributed by atoms with Crippen LogP contribution in [0.3, 0.4) is 0 Å². The first-order valence-corrected chi connectivity index (χ1v) is 7.03. The lowest BCUT2D eigenvalue weighted by Crippen LogP contribution is -2.34. The molecule has 0 unspecified atom stereocenters. The van der Waals surface area contributed by atoms with E-state index < -0.39 is 0 Å². The fourth-order valence-electron chi connectivity index (χ4n) is 2.58. The van der Waals surface area contributed by atoms with E-state index in [2.05, 4.69) is 29.4 Å². The third-order valence-corrected chi connectivity index (χ3v) is 4.13. The Hall–Kier alpha value is -1.54. The van der Waals surface area contributed by atoms with E-state index in [4.69, 9.17) is 11.6 Å². The lowest BCUT2D eigenvalue weighted by atomic mass is 9.76. The number of hydrogen-bond donors (Lipinski definition) is 1. The Morgan fingerprint density at radius 1 is 1.16 bits per heavy atom. The Balaban J connectivity index is 1.58. The highest BCUT2D eigenvalue weighted by Crippen LogP contribution is 2.38. The highest BCUT2D eigenvalue weighted by atomic mass is 35.5. The van der Waals surface area contributed by atoms with Crippen molar-refractivity contribution in [1.29, 1.82) is 0 Å². The van der Waals surface area contributed by atoms with E-state index in [0.29, 0.717) is 12.0 Å². The van der Waals surface area contributed by atoms with Gasteiger partial charge in [0.05, 0.1) is 11.9 Å². The number of nitrogens with zero attached hydrogens (tertiary/aromatic N) is 1. The molecule has 0 saturated heterocycles. The molecule has 0 bridgehead atoms. The Morgan fingerprint density at radius 2 is 1.89 bits per heavy atom. The van der Waals surface area contributed by atoms with Crippen molar-refractivity contribution >= 4 is 17.3 Å². The number of rotatable bonds is 3. The predicted molar refractivity (Wildman–Crippen MR) is 79.8 cm³/mol. The topological polar surface area (TPSA) is 24.9 Å². The number of pyridine rings is 1. The molecule has 1 aromatic carbocycles. The maximum absolute atomic E-state index is 5.91. The van der Waals surface area contributed by atoms with Gasteiger partial charge in [-0.1, -0.05) is 23.7 Å². The summed E-state index contributed by atoms with van der Waals surface area (Å²) in [5.74, 6) is 0.659. The summed E-state index contributed by atoms with van der Waals surface area (Å²) in [6, 6.07) is 10.8. The Kier molecular flexibility index (Phi) is 3.43. The van der Waals surface area contributed by atoms with Gasteiger partial charge in [0.2, 0.25) is 0 Å². The minimum Gasteiger partial charge on any atom is -0.381 e. The van der Waals surface area contributed by atoms with Gasteiger partial charge in [0, 0.05) is 17.3 Å². The van der Waals surface area contributed by atoms with Crippen LogP contribution >= 0.6 is 11.6 Å². The lowest BCUT2D eigenvalue weighted by Gasteiger charge is -2.37. The van der Waals surface area contributed by atoms with Crippen molar-refractivity contribution in [2.24, 2.45) is 0 Å². The zero-order valence-corrected chi connectivity index (χ0v) is 11.7. The van der Waals surface area contributed by atoms with Crippen molar-refractivity contribution < 1.29 is 0 Å². The molecule has 0 radical (unpaired) electrons. The van der Waals surface area contributed by atoms with Crippen LogP contribution in [0.15, 0.2) is 42.7 Å². The van der Waals surface area contributed by atoms with E-state index in [1.54, 1.807) is 0 Å². The summed E-state index contributed by atoms with van der Waals surface area (Å²) in [5.41, 5.74) is 3.80. The predicted octanol–water partition coefficient (Wildman–Crippen LogP) is 4.40. The van der Waals surface area contributed by atoms with Crippen LogP contribution < -0.4 is 5.32 Å². The molecular formula is C16H17ClN2. The van der Waals surface area contributed by atoms with Crippen LogP contribution in [0.2, 0.25) is 5.02 Å². The quantitative estimate of drug-likeness (QED) is 0.896. The smallest absolute Gasteiger partial charge is 0.0558 e. The number of anilines is 1. The second kappa shape index (κ2) is 5.22. The number of aryl methyl sites for hydroxylation is 1. The average molecular weight is 273 g/mol. The van der Waals surface area contributed by atoms with Gasteiger partial charge in [0.1, 0.15) is 0 Å². The molecule has 2 aromatic rings. The van der Waals surface area contributed by atoms with Crippen molar-refractivity contribution in [3.8, 4) is 0 Å². The van der Waals surface area contributed by atoms with Crippen LogP contribution in [0.4, 0.5) is 5.69 Å². The zero-order chi connectivity index (χ0) is 13.2.